The van der Waals surface area contributed by atoms with Crippen molar-refractivity contribution in [1.82, 2.24) is 0 Å². The second-order valence-corrected chi connectivity index (χ2v) is 8.72. The molecule has 0 aliphatic carbocycles. The van der Waals surface area contributed by atoms with E-state index in [-0.39, 0.29) is 0 Å². The van der Waals surface area contributed by atoms with Gasteiger partial charge in [-0.05, 0) is 0 Å². The van der Waals surface area contributed by atoms with Crippen LogP contribution in [-0.2, 0) is 0 Å². The van der Waals surface area contributed by atoms with Gasteiger partial charge in [0.1, 0.15) is 0 Å². The van der Waals surface area contributed by atoms with Crippen molar-refractivity contribution in [2.75, 3.05) is 0 Å². The number of aryl methyl sites for hydroxylation is 2. The van der Waals surface area contributed by atoms with E-state index in [4.69, 9.17) is 0 Å². The van der Waals surface area contributed by atoms with Crippen LogP contribution in [0.1, 0.15) is 17.7 Å². The Morgan fingerprint density at radius 2 is 1.19 bits per heavy atom. The molecule has 2 aromatic rings. The standard InChI is InChI=1S/C14H10Se2/c1-11-7-9-13(15-11)5-3-4-6-14-10-8-12(2)16-14/h7-10H,1-2H3. The predicted molar refractivity (Wildman–Crippen MR) is 70.0 cm³/mol. The summed E-state index contributed by atoms with van der Waals surface area (Å²) in [6, 6.07) is 8.50. The van der Waals surface area contributed by atoms with Crippen molar-refractivity contribution in [3.63, 3.8) is 0 Å². The summed E-state index contributed by atoms with van der Waals surface area (Å²) in [5.41, 5.74) is 0. The van der Waals surface area contributed by atoms with E-state index in [9.17, 15) is 0 Å². The summed E-state index contributed by atoms with van der Waals surface area (Å²) in [7, 11) is 0. The van der Waals surface area contributed by atoms with Crippen molar-refractivity contribution in [2.45, 2.75) is 13.8 Å². The van der Waals surface area contributed by atoms with Gasteiger partial charge in [-0.2, -0.15) is 0 Å². The Kier molecular flexibility index (Phi) is 3.95. The molecule has 0 saturated carbocycles. The van der Waals surface area contributed by atoms with Crippen LogP contribution in [0.3, 0.4) is 0 Å². The average molecular weight is 336 g/mol. The SMILES string of the molecule is Cc1ccc(C#CC#Cc2ccc(C)[se]2)[se]1. The summed E-state index contributed by atoms with van der Waals surface area (Å²) >= 11 is 0.896. The molecule has 0 unspecified atom stereocenters. The summed E-state index contributed by atoms with van der Waals surface area (Å²) in [6.45, 7) is 4.30. The molecule has 0 aliphatic heterocycles. The van der Waals surface area contributed by atoms with Gasteiger partial charge in [0.25, 0.3) is 0 Å². The molecule has 2 aromatic heterocycles. The summed E-state index contributed by atoms with van der Waals surface area (Å²) in [6.07, 6.45) is 0. The topological polar surface area (TPSA) is 0 Å². The van der Waals surface area contributed by atoms with E-state index in [0.717, 1.165) is 0 Å². The van der Waals surface area contributed by atoms with E-state index in [1.165, 1.54) is 17.7 Å². The van der Waals surface area contributed by atoms with Gasteiger partial charge < -0.3 is 0 Å². The van der Waals surface area contributed by atoms with Crippen molar-refractivity contribution in [3.8, 4) is 23.7 Å². The minimum atomic E-state index is 0.448. The molecule has 16 heavy (non-hydrogen) atoms. The van der Waals surface area contributed by atoms with Crippen LogP contribution in [-0.4, -0.2) is 29.0 Å². The van der Waals surface area contributed by atoms with Gasteiger partial charge in [0.05, 0.1) is 0 Å². The first kappa shape index (κ1) is 11.6. The van der Waals surface area contributed by atoms with E-state index in [0.29, 0.717) is 29.0 Å². The fourth-order valence-corrected chi connectivity index (χ4v) is 4.21. The third kappa shape index (κ3) is 3.31. The van der Waals surface area contributed by atoms with Gasteiger partial charge >= 0.3 is 109 Å². The zero-order valence-electron chi connectivity index (χ0n) is 9.13. The third-order valence-corrected chi connectivity index (χ3v) is 5.76. The normalized spacial score (nSPS) is 8.88. The second kappa shape index (κ2) is 5.45. The molecule has 78 valence electrons. The molecule has 0 aromatic carbocycles. The van der Waals surface area contributed by atoms with Gasteiger partial charge in [-0.15, -0.1) is 0 Å². The van der Waals surface area contributed by atoms with Crippen molar-refractivity contribution in [2.24, 2.45) is 0 Å². The maximum absolute atomic E-state index is 3.12. The molecular formula is C14H10Se2. The number of hydrogen-bond acceptors (Lipinski definition) is 0. The van der Waals surface area contributed by atoms with Gasteiger partial charge in [0, 0.05) is 0 Å². The monoisotopic (exact) mass is 338 g/mol. The maximum atomic E-state index is 3.12. The molecule has 0 spiro atoms. The van der Waals surface area contributed by atoms with Crippen LogP contribution in [0.2, 0.25) is 0 Å². The molecule has 0 radical (unpaired) electrons. The number of rotatable bonds is 0. The summed E-state index contributed by atoms with van der Waals surface area (Å²) in [5, 5.41) is 0. The molecule has 0 N–H and O–H groups in total. The fourth-order valence-electron chi connectivity index (χ4n) is 1.19. The first-order chi connectivity index (χ1) is 7.74. The van der Waals surface area contributed by atoms with Crippen LogP contribution < -0.4 is 0 Å². The summed E-state index contributed by atoms with van der Waals surface area (Å²) in [4.78, 5) is 0. The molecule has 0 saturated heterocycles. The fraction of sp³-hybridized carbons (Fsp3) is 0.143. The van der Waals surface area contributed by atoms with Gasteiger partial charge in [0.15, 0.2) is 0 Å². The molecule has 2 heterocycles. The van der Waals surface area contributed by atoms with Crippen LogP contribution in [0.15, 0.2) is 24.3 Å². The van der Waals surface area contributed by atoms with Crippen LogP contribution >= 0.6 is 0 Å². The molecule has 0 aliphatic rings. The number of hydrogen-bond donors (Lipinski definition) is 0. The second-order valence-electron chi connectivity index (χ2n) is 3.32. The van der Waals surface area contributed by atoms with Gasteiger partial charge in [-0.3, -0.25) is 0 Å². The zero-order valence-corrected chi connectivity index (χ0v) is 12.6. The Balaban J connectivity index is 2.08. The van der Waals surface area contributed by atoms with E-state index in [2.05, 4.69) is 61.8 Å². The summed E-state index contributed by atoms with van der Waals surface area (Å²) < 4.78 is 5.34. The van der Waals surface area contributed by atoms with Crippen LogP contribution in [0.5, 0.6) is 0 Å². The Bertz CT molecular complexity index is 550. The first-order valence-corrected chi connectivity index (χ1v) is 8.31. The zero-order chi connectivity index (χ0) is 11.4. The molecule has 0 atom stereocenters. The van der Waals surface area contributed by atoms with Gasteiger partial charge in [0.2, 0.25) is 0 Å². The molecule has 0 bridgehead atoms. The van der Waals surface area contributed by atoms with Crippen molar-refractivity contribution in [3.05, 3.63) is 42.0 Å². The summed E-state index contributed by atoms with van der Waals surface area (Å²) in [5.74, 6) is 12.1. The van der Waals surface area contributed by atoms with Crippen LogP contribution in [0, 0.1) is 37.5 Å². The molecule has 0 fully saturated rings. The minimum absolute atomic E-state index is 0.448. The Morgan fingerprint density at radius 1 is 0.750 bits per heavy atom. The van der Waals surface area contributed by atoms with E-state index < -0.39 is 0 Å². The van der Waals surface area contributed by atoms with E-state index in [1.807, 2.05) is 0 Å². The van der Waals surface area contributed by atoms with Gasteiger partial charge in [-0.1, -0.05) is 0 Å². The van der Waals surface area contributed by atoms with Crippen LogP contribution in [0.25, 0.3) is 0 Å². The third-order valence-electron chi connectivity index (χ3n) is 1.91. The van der Waals surface area contributed by atoms with Gasteiger partial charge in [-0.25, -0.2) is 0 Å². The predicted octanol–water partition coefficient (Wildman–Crippen LogP) is 1.82. The van der Waals surface area contributed by atoms with Crippen molar-refractivity contribution in [1.29, 1.82) is 0 Å². The molecular weight excluding hydrogens is 326 g/mol. The molecule has 2 rings (SSSR count). The first-order valence-electron chi connectivity index (χ1n) is 4.89. The molecule has 0 amide bonds. The quantitative estimate of drug-likeness (QED) is 0.509. The van der Waals surface area contributed by atoms with Crippen molar-refractivity contribution >= 4 is 29.0 Å². The van der Waals surface area contributed by atoms with E-state index >= 15 is 0 Å². The molecule has 0 nitrogen and oxygen atoms in total. The average Bonchev–Trinajstić information content (AvgIpc) is 2.83. The molecule has 2 heteroatoms. The van der Waals surface area contributed by atoms with Crippen molar-refractivity contribution < 1.29 is 0 Å². The Morgan fingerprint density at radius 3 is 1.50 bits per heavy atom. The van der Waals surface area contributed by atoms with E-state index in [1.54, 1.807) is 0 Å². The Hall–Kier alpha value is -0.881. The Labute approximate surface area is 108 Å². The van der Waals surface area contributed by atoms with Crippen LogP contribution in [0.4, 0.5) is 0 Å².